The van der Waals surface area contributed by atoms with Crippen LogP contribution < -0.4 is 0 Å². The number of benzene rings is 1. The molecule has 0 spiro atoms. The molecule has 150 valence electrons. The summed E-state index contributed by atoms with van der Waals surface area (Å²) >= 11 is 0. The summed E-state index contributed by atoms with van der Waals surface area (Å²) in [5, 5.41) is 5.95. The molecule has 29 heavy (non-hydrogen) atoms. The lowest BCUT2D eigenvalue weighted by Crippen LogP contribution is -2.39. The molecule has 1 amide bonds. The lowest BCUT2D eigenvalue weighted by atomic mass is 9.98. The second-order valence-electron chi connectivity index (χ2n) is 8.62. The summed E-state index contributed by atoms with van der Waals surface area (Å²) in [5.41, 5.74) is 4.61. The Hall–Kier alpha value is -2.69. The fraction of sp³-hybridized carbons (Fsp3) is 0.458. The van der Waals surface area contributed by atoms with Gasteiger partial charge >= 0.3 is 0 Å². The van der Waals surface area contributed by atoms with Crippen molar-refractivity contribution in [1.29, 1.82) is 0 Å². The first-order valence-corrected chi connectivity index (χ1v) is 10.9. The first kappa shape index (κ1) is 18.3. The number of nitrogens with zero attached hydrogens (tertiary/aromatic N) is 4. The second kappa shape index (κ2) is 7.29. The molecular formula is C24H28N4O. The van der Waals surface area contributed by atoms with E-state index in [-0.39, 0.29) is 5.91 Å². The predicted molar refractivity (Wildman–Crippen MR) is 115 cm³/mol. The zero-order valence-electron chi connectivity index (χ0n) is 17.3. The van der Waals surface area contributed by atoms with Crippen LogP contribution in [0.5, 0.6) is 0 Å². The standard InChI is InChI=1S/C24H28N4O/c1-3-18-14-20(24(29)27-13-7-8-16(2)15-27)21-22(17-11-12-17)26-28(23(21)25-18)19-9-5-4-6-10-19/h4-6,9-10,14,16-17H,3,7-8,11-13,15H2,1-2H3/t16-/m1/s1. The minimum absolute atomic E-state index is 0.146. The highest BCUT2D eigenvalue weighted by Crippen LogP contribution is 2.44. The summed E-state index contributed by atoms with van der Waals surface area (Å²) < 4.78 is 1.94. The third-order valence-electron chi connectivity index (χ3n) is 6.22. The van der Waals surface area contributed by atoms with E-state index in [0.717, 1.165) is 72.4 Å². The maximum atomic E-state index is 13.6. The Bertz CT molecular complexity index is 1050. The van der Waals surface area contributed by atoms with E-state index in [9.17, 15) is 4.79 Å². The SMILES string of the molecule is CCc1cc(C(=O)N2CCC[C@@H](C)C2)c2c(C3CC3)nn(-c3ccccc3)c2n1. The predicted octanol–water partition coefficient (Wildman–Crippen LogP) is 4.73. The van der Waals surface area contributed by atoms with Crippen molar-refractivity contribution < 1.29 is 4.79 Å². The van der Waals surface area contributed by atoms with Crippen molar-refractivity contribution in [2.24, 2.45) is 5.92 Å². The van der Waals surface area contributed by atoms with E-state index in [1.165, 1.54) is 6.42 Å². The van der Waals surface area contributed by atoms with Crippen LogP contribution in [0.15, 0.2) is 36.4 Å². The molecule has 1 aliphatic heterocycles. The molecule has 0 N–H and O–H groups in total. The van der Waals surface area contributed by atoms with Gasteiger partial charge in [0, 0.05) is 24.7 Å². The van der Waals surface area contributed by atoms with E-state index in [0.29, 0.717) is 11.8 Å². The third-order valence-corrected chi connectivity index (χ3v) is 6.22. The third kappa shape index (κ3) is 3.33. The van der Waals surface area contributed by atoms with E-state index in [4.69, 9.17) is 10.1 Å². The van der Waals surface area contributed by atoms with Crippen molar-refractivity contribution >= 4 is 16.9 Å². The smallest absolute Gasteiger partial charge is 0.254 e. The molecule has 0 radical (unpaired) electrons. The van der Waals surface area contributed by atoms with E-state index >= 15 is 0 Å². The van der Waals surface area contributed by atoms with Gasteiger partial charge in [-0.2, -0.15) is 5.10 Å². The van der Waals surface area contributed by atoms with Gasteiger partial charge in [0.05, 0.1) is 22.3 Å². The van der Waals surface area contributed by atoms with Gasteiger partial charge in [-0.1, -0.05) is 32.0 Å². The van der Waals surface area contributed by atoms with Crippen LogP contribution in [-0.4, -0.2) is 38.7 Å². The number of carbonyl (C=O) groups is 1. The number of aryl methyl sites for hydroxylation is 1. The molecule has 1 saturated heterocycles. The average Bonchev–Trinajstić information content (AvgIpc) is 3.53. The van der Waals surface area contributed by atoms with Gasteiger partial charge in [0.25, 0.3) is 5.91 Å². The van der Waals surface area contributed by atoms with E-state index in [2.05, 4.69) is 26.0 Å². The number of hydrogen-bond donors (Lipinski definition) is 0. The summed E-state index contributed by atoms with van der Waals surface area (Å²) in [7, 11) is 0. The van der Waals surface area contributed by atoms with Crippen molar-refractivity contribution in [2.75, 3.05) is 13.1 Å². The molecule has 1 saturated carbocycles. The average molecular weight is 389 g/mol. The summed E-state index contributed by atoms with van der Waals surface area (Å²) in [5.74, 6) is 1.15. The molecule has 1 aliphatic carbocycles. The largest absolute Gasteiger partial charge is 0.338 e. The molecule has 0 bridgehead atoms. The molecule has 2 aliphatic rings. The first-order valence-electron chi connectivity index (χ1n) is 10.9. The van der Waals surface area contributed by atoms with Crippen LogP contribution in [0.1, 0.15) is 67.2 Å². The highest BCUT2D eigenvalue weighted by atomic mass is 16.2. The van der Waals surface area contributed by atoms with Crippen molar-refractivity contribution in [2.45, 2.75) is 51.9 Å². The zero-order chi connectivity index (χ0) is 20.0. The molecule has 5 nitrogen and oxygen atoms in total. The van der Waals surface area contributed by atoms with Crippen LogP contribution in [0.25, 0.3) is 16.7 Å². The van der Waals surface area contributed by atoms with Gasteiger partial charge in [-0.15, -0.1) is 0 Å². The highest BCUT2D eigenvalue weighted by Gasteiger charge is 2.33. The van der Waals surface area contributed by atoms with Gasteiger partial charge in [-0.25, -0.2) is 9.67 Å². The topological polar surface area (TPSA) is 51.0 Å². The summed E-state index contributed by atoms with van der Waals surface area (Å²) in [6.45, 7) is 6.02. The second-order valence-corrected chi connectivity index (χ2v) is 8.62. The molecule has 0 unspecified atom stereocenters. The Balaban J connectivity index is 1.71. The van der Waals surface area contributed by atoms with Crippen LogP contribution in [0.2, 0.25) is 0 Å². The maximum Gasteiger partial charge on any atom is 0.254 e. The number of aromatic nitrogens is 3. The molecule has 2 aromatic heterocycles. The lowest BCUT2D eigenvalue weighted by molar-refractivity contribution is 0.0685. The van der Waals surface area contributed by atoms with Gasteiger partial charge in [-0.05, 0) is 56.2 Å². The summed E-state index contributed by atoms with van der Waals surface area (Å²) in [6.07, 6.45) is 5.37. The minimum atomic E-state index is 0.146. The Labute approximate surface area is 171 Å². The summed E-state index contributed by atoms with van der Waals surface area (Å²) in [4.78, 5) is 20.6. The van der Waals surface area contributed by atoms with Gasteiger partial charge in [0.15, 0.2) is 5.65 Å². The molecule has 3 heterocycles. The van der Waals surface area contributed by atoms with E-state index in [1.807, 2.05) is 33.8 Å². The molecule has 5 rings (SSSR count). The van der Waals surface area contributed by atoms with Crippen LogP contribution in [0.3, 0.4) is 0 Å². The van der Waals surface area contributed by atoms with Gasteiger partial charge in [-0.3, -0.25) is 4.79 Å². The van der Waals surface area contributed by atoms with Gasteiger partial charge in [0.2, 0.25) is 0 Å². The normalized spacial score (nSPS) is 19.7. The Kier molecular flexibility index (Phi) is 4.61. The van der Waals surface area contributed by atoms with Crippen LogP contribution in [-0.2, 0) is 6.42 Å². The van der Waals surface area contributed by atoms with Crippen molar-refractivity contribution in [3.8, 4) is 5.69 Å². The monoisotopic (exact) mass is 388 g/mol. The number of para-hydroxylation sites is 1. The fourth-order valence-corrected chi connectivity index (χ4v) is 4.48. The number of carbonyl (C=O) groups excluding carboxylic acids is 1. The zero-order valence-corrected chi connectivity index (χ0v) is 17.3. The van der Waals surface area contributed by atoms with Crippen molar-refractivity contribution in [3.05, 3.63) is 53.3 Å². The molecule has 1 aromatic carbocycles. The number of fused-ring (bicyclic) bond motifs is 1. The van der Waals surface area contributed by atoms with Gasteiger partial charge < -0.3 is 4.90 Å². The quantitative estimate of drug-likeness (QED) is 0.649. The van der Waals surface area contributed by atoms with Gasteiger partial charge in [0.1, 0.15) is 0 Å². The van der Waals surface area contributed by atoms with E-state index in [1.54, 1.807) is 0 Å². The van der Waals surface area contributed by atoms with Crippen molar-refractivity contribution in [3.63, 3.8) is 0 Å². The van der Waals surface area contributed by atoms with Crippen LogP contribution in [0, 0.1) is 5.92 Å². The first-order chi connectivity index (χ1) is 14.2. The number of amides is 1. The maximum absolute atomic E-state index is 13.6. The minimum Gasteiger partial charge on any atom is -0.338 e. The number of pyridine rings is 1. The van der Waals surface area contributed by atoms with E-state index < -0.39 is 0 Å². The lowest BCUT2D eigenvalue weighted by Gasteiger charge is -2.31. The van der Waals surface area contributed by atoms with Crippen LogP contribution in [0.4, 0.5) is 0 Å². The fourth-order valence-electron chi connectivity index (χ4n) is 4.48. The Morgan fingerprint density at radius 1 is 1.17 bits per heavy atom. The Morgan fingerprint density at radius 2 is 1.97 bits per heavy atom. The number of piperidine rings is 1. The number of hydrogen-bond acceptors (Lipinski definition) is 3. The van der Waals surface area contributed by atoms with Crippen LogP contribution >= 0.6 is 0 Å². The molecular weight excluding hydrogens is 360 g/mol. The number of likely N-dealkylation sites (tertiary alicyclic amines) is 1. The Morgan fingerprint density at radius 3 is 2.66 bits per heavy atom. The molecule has 3 aromatic rings. The molecule has 5 heteroatoms. The number of rotatable bonds is 4. The van der Waals surface area contributed by atoms with Crippen molar-refractivity contribution in [1.82, 2.24) is 19.7 Å². The molecule has 1 atom stereocenters. The molecule has 2 fully saturated rings. The summed E-state index contributed by atoms with van der Waals surface area (Å²) in [6, 6.07) is 12.2. The highest BCUT2D eigenvalue weighted by molar-refractivity contribution is 6.07.